The second kappa shape index (κ2) is 14.4. The first-order valence-electron chi connectivity index (χ1n) is 8.21. The van der Waals surface area contributed by atoms with E-state index in [2.05, 4.69) is 12.2 Å². The molecule has 0 radical (unpaired) electrons. The lowest BCUT2D eigenvalue weighted by Gasteiger charge is -2.04. The van der Waals surface area contributed by atoms with Crippen molar-refractivity contribution in [2.75, 3.05) is 6.54 Å². The maximum Gasteiger partial charge on any atom is 0.219 e. The Hall–Kier alpha value is -1.06. The quantitative estimate of drug-likeness (QED) is 0.480. The number of nitrogens with one attached hydrogen (secondary N) is 1. The van der Waals surface area contributed by atoms with E-state index in [1.165, 1.54) is 25.7 Å². The normalized spacial score (nSPS) is 10.4. The van der Waals surface area contributed by atoms with Gasteiger partial charge < -0.3 is 11.1 Å². The van der Waals surface area contributed by atoms with Crippen molar-refractivity contribution in [3.8, 4) is 0 Å². The van der Waals surface area contributed by atoms with Crippen LogP contribution >= 0.6 is 0 Å². The number of hydrogen-bond donors (Lipinski definition) is 2. The summed E-state index contributed by atoms with van der Waals surface area (Å²) >= 11 is 0. The van der Waals surface area contributed by atoms with Gasteiger partial charge in [0.15, 0.2) is 0 Å². The monoisotopic (exact) mass is 284 g/mol. The summed E-state index contributed by atoms with van der Waals surface area (Å²) in [5, 5.41) is 2.94. The summed E-state index contributed by atoms with van der Waals surface area (Å²) in [6.45, 7) is 2.95. The third-order valence-corrected chi connectivity index (χ3v) is 3.43. The van der Waals surface area contributed by atoms with Gasteiger partial charge in [0, 0.05) is 19.4 Å². The summed E-state index contributed by atoms with van der Waals surface area (Å²) in [6, 6.07) is 0. The molecule has 0 unspecified atom stereocenters. The standard InChI is InChI=1S/C16H32N2O2/c1-2-3-14-18-16(20)13-11-9-7-5-4-6-8-10-12-15(17)19/h2-14H2,1H3,(H2,17,19)(H,18,20). The van der Waals surface area contributed by atoms with E-state index < -0.39 is 0 Å². The second-order valence-electron chi connectivity index (χ2n) is 5.50. The number of carbonyl (C=O) groups is 2. The van der Waals surface area contributed by atoms with Crippen LogP contribution in [0, 0.1) is 0 Å². The molecule has 20 heavy (non-hydrogen) atoms. The van der Waals surface area contributed by atoms with Crippen molar-refractivity contribution in [3.05, 3.63) is 0 Å². The van der Waals surface area contributed by atoms with Gasteiger partial charge in [0.1, 0.15) is 0 Å². The van der Waals surface area contributed by atoms with Gasteiger partial charge in [-0.15, -0.1) is 0 Å². The molecule has 0 aliphatic heterocycles. The number of primary amides is 1. The van der Waals surface area contributed by atoms with E-state index in [0.717, 1.165) is 45.1 Å². The topological polar surface area (TPSA) is 72.2 Å². The molecule has 0 atom stereocenters. The molecule has 0 bridgehead atoms. The molecule has 0 heterocycles. The van der Waals surface area contributed by atoms with Crippen molar-refractivity contribution in [3.63, 3.8) is 0 Å². The third-order valence-electron chi connectivity index (χ3n) is 3.43. The van der Waals surface area contributed by atoms with Crippen LogP contribution in [-0.2, 0) is 9.59 Å². The highest BCUT2D eigenvalue weighted by Crippen LogP contribution is 2.10. The average molecular weight is 284 g/mol. The fourth-order valence-electron chi connectivity index (χ4n) is 2.14. The Balaban J connectivity index is 3.12. The molecule has 118 valence electrons. The zero-order valence-electron chi connectivity index (χ0n) is 13.1. The van der Waals surface area contributed by atoms with Crippen LogP contribution in [0.4, 0.5) is 0 Å². The van der Waals surface area contributed by atoms with Crippen molar-refractivity contribution in [2.24, 2.45) is 5.73 Å². The van der Waals surface area contributed by atoms with Crippen molar-refractivity contribution < 1.29 is 9.59 Å². The van der Waals surface area contributed by atoms with E-state index >= 15 is 0 Å². The summed E-state index contributed by atoms with van der Waals surface area (Å²) in [4.78, 5) is 22.0. The van der Waals surface area contributed by atoms with Gasteiger partial charge in [-0.25, -0.2) is 0 Å². The summed E-state index contributed by atoms with van der Waals surface area (Å²) < 4.78 is 0. The molecule has 0 aliphatic carbocycles. The van der Waals surface area contributed by atoms with Crippen LogP contribution < -0.4 is 11.1 Å². The first kappa shape index (κ1) is 18.9. The Morgan fingerprint density at radius 1 is 0.800 bits per heavy atom. The van der Waals surface area contributed by atoms with Crippen LogP contribution in [0.15, 0.2) is 0 Å². The molecule has 0 spiro atoms. The lowest BCUT2D eigenvalue weighted by molar-refractivity contribution is -0.121. The minimum Gasteiger partial charge on any atom is -0.370 e. The van der Waals surface area contributed by atoms with Crippen molar-refractivity contribution in [1.29, 1.82) is 0 Å². The fourth-order valence-corrected chi connectivity index (χ4v) is 2.14. The first-order chi connectivity index (χ1) is 9.66. The summed E-state index contributed by atoms with van der Waals surface area (Å²) in [7, 11) is 0. The highest BCUT2D eigenvalue weighted by molar-refractivity contribution is 5.75. The Morgan fingerprint density at radius 2 is 1.30 bits per heavy atom. The van der Waals surface area contributed by atoms with Crippen molar-refractivity contribution in [1.82, 2.24) is 5.32 Å². The average Bonchev–Trinajstić information content (AvgIpc) is 2.41. The van der Waals surface area contributed by atoms with Crippen molar-refractivity contribution >= 4 is 11.8 Å². The molecule has 2 amide bonds. The van der Waals surface area contributed by atoms with Crippen LogP contribution in [0.25, 0.3) is 0 Å². The molecule has 4 heteroatoms. The van der Waals surface area contributed by atoms with E-state index in [1.54, 1.807) is 0 Å². The van der Waals surface area contributed by atoms with Gasteiger partial charge in [-0.2, -0.15) is 0 Å². The van der Waals surface area contributed by atoms with Gasteiger partial charge in [-0.3, -0.25) is 9.59 Å². The molecule has 0 aromatic heterocycles. The number of amides is 2. The highest BCUT2D eigenvalue weighted by Gasteiger charge is 2.00. The van der Waals surface area contributed by atoms with Crippen LogP contribution in [-0.4, -0.2) is 18.4 Å². The predicted molar refractivity (Wildman–Crippen MR) is 83.3 cm³/mol. The Bertz CT molecular complexity index is 255. The molecule has 0 rings (SSSR count). The number of nitrogens with two attached hydrogens (primary N) is 1. The van der Waals surface area contributed by atoms with Gasteiger partial charge in [0.05, 0.1) is 0 Å². The zero-order chi connectivity index (χ0) is 15.1. The Kier molecular flexibility index (Phi) is 13.6. The van der Waals surface area contributed by atoms with E-state index in [-0.39, 0.29) is 11.8 Å². The van der Waals surface area contributed by atoms with Gasteiger partial charge in [0.2, 0.25) is 11.8 Å². The SMILES string of the molecule is CCCCNC(=O)CCCCCCCCCCC(N)=O. The van der Waals surface area contributed by atoms with Crippen molar-refractivity contribution in [2.45, 2.75) is 84.0 Å². The maximum atomic E-state index is 11.4. The minimum atomic E-state index is -0.192. The minimum absolute atomic E-state index is 0.192. The number of rotatable bonds is 14. The molecule has 0 saturated carbocycles. The molecule has 4 nitrogen and oxygen atoms in total. The second-order valence-corrected chi connectivity index (χ2v) is 5.50. The fraction of sp³-hybridized carbons (Fsp3) is 0.875. The summed E-state index contributed by atoms with van der Waals surface area (Å²) in [6.07, 6.45) is 12.4. The number of hydrogen-bond acceptors (Lipinski definition) is 2. The summed E-state index contributed by atoms with van der Waals surface area (Å²) in [5.41, 5.74) is 5.08. The Labute approximate surface area is 123 Å². The molecular weight excluding hydrogens is 252 g/mol. The van der Waals surface area contributed by atoms with E-state index in [1.807, 2.05) is 0 Å². The van der Waals surface area contributed by atoms with Gasteiger partial charge >= 0.3 is 0 Å². The smallest absolute Gasteiger partial charge is 0.219 e. The van der Waals surface area contributed by atoms with Crippen LogP contribution in [0.2, 0.25) is 0 Å². The highest BCUT2D eigenvalue weighted by atomic mass is 16.1. The third kappa shape index (κ3) is 15.0. The molecule has 0 saturated heterocycles. The Morgan fingerprint density at radius 3 is 1.80 bits per heavy atom. The van der Waals surface area contributed by atoms with E-state index in [4.69, 9.17) is 5.73 Å². The van der Waals surface area contributed by atoms with Crippen LogP contribution in [0.5, 0.6) is 0 Å². The summed E-state index contributed by atoms with van der Waals surface area (Å²) in [5.74, 6) is 0.00659. The van der Waals surface area contributed by atoms with E-state index in [9.17, 15) is 9.59 Å². The molecule has 0 aromatic carbocycles. The maximum absolute atomic E-state index is 11.4. The molecule has 0 aliphatic rings. The van der Waals surface area contributed by atoms with Crippen LogP contribution in [0.3, 0.4) is 0 Å². The molecular formula is C16H32N2O2. The lowest BCUT2D eigenvalue weighted by atomic mass is 10.1. The molecule has 0 fully saturated rings. The van der Waals surface area contributed by atoms with Gasteiger partial charge in [-0.05, 0) is 19.3 Å². The number of unbranched alkanes of at least 4 members (excludes halogenated alkanes) is 8. The molecule has 3 N–H and O–H groups in total. The number of carbonyl (C=O) groups excluding carboxylic acids is 2. The van der Waals surface area contributed by atoms with Gasteiger partial charge in [-0.1, -0.05) is 51.9 Å². The zero-order valence-corrected chi connectivity index (χ0v) is 13.1. The molecule has 0 aromatic rings. The largest absolute Gasteiger partial charge is 0.370 e. The predicted octanol–water partition coefficient (Wildman–Crippen LogP) is 3.29. The van der Waals surface area contributed by atoms with E-state index in [0.29, 0.717) is 12.8 Å². The van der Waals surface area contributed by atoms with Crippen LogP contribution in [0.1, 0.15) is 84.0 Å². The first-order valence-corrected chi connectivity index (χ1v) is 8.21. The lowest BCUT2D eigenvalue weighted by Crippen LogP contribution is -2.23. The van der Waals surface area contributed by atoms with Gasteiger partial charge in [0.25, 0.3) is 0 Å².